The van der Waals surface area contributed by atoms with Gasteiger partial charge < -0.3 is 11.1 Å². The first-order valence-corrected chi connectivity index (χ1v) is 5.06. The number of amides is 1. The Balaban J connectivity index is 2.42. The van der Waals surface area contributed by atoms with Crippen molar-refractivity contribution < 1.29 is 4.79 Å². The highest BCUT2D eigenvalue weighted by Crippen LogP contribution is 2.01. The normalized spacial score (nSPS) is 14.7. The molecule has 0 aromatic carbocycles. The molecule has 1 rings (SSSR count). The van der Waals surface area contributed by atoms with Gasteiger partial charge in [0.2, 0.25) is 5.91 Å². The van der Waals surface area contributed by atoms with Crippen LogP contribution in [0.5, 0.6) is 0 Å². The topological polar surface area (TPSA) is 83.8 Å². The Morgan fingerprint density at radius 1 is 1.67 bits per heavy atom. The smallest absolute Gasteiger partial charge is 0.236 e. The average molecular weight is 210 g/mol. The lowest BCUT2D eigenvalue weighted by molar-refractivity contribution is -0.122. The number of carbonyl (C=O) groups is 1. The van der Waals surface area contributed by atoms with Crippen LogP contribution < -0.4 is 11.1 Å². The van der Waals surface area contributed by atoms with Crippen LogP contribution in [0.25, 0.3) is 0 Å². The number of rotatable bonds is 4. The zero-order valence-corrected chi connectivity index (χ0v) is 9.37. The summed E-state index contributed by atoms with van der Waals surface area (Å²) in [5.74, 6) is -0.130. The molecule has 2 atom stereocenters. The molecule has 0 aliphatic rings. The summed E-state index contributed by atoms with van der Waals surface area (Å²) in [6.45, 7) is 5.55. The van der Waals surface area contributed by atoms with E-state index in [0.29, 0.717) is 6.42 Å². The van der Waals surface area contributed by atoms with Gasteiger partial charge in [-0.2, -0.15) is 5.10 Å². The predicted octanol–water partition coefficient (Wildman–Crippen LogP) is 0.113. The monoisotopic (exact) mass is 210 g/mol. The molecule has 1 aromatic rings. The van der Waals surface area contributed by atoms with Crippen molar-refractivity contribution in [2.24, 2.45) is 5.73 Å². The Kier molecular flexibility index (Phi) is 3.85. The van der Waals surface area contributed by atoms with Crippen molar-refractivity contribution in [1.82, 2.24) is 15.5 Å². The quantitative estimate of drug-likeness (QED) is 0.659. The van der Waals surface area contributed by atoms with E-state index in [1.165, 1.54) is 0 Å². The first-order chi connectivity index (χ1) is 6.99. The van der Waals surface area contributed by atoms with Crippen molar-refractivity contribution in [2.75, 3.05) is 0 Å². The number of aryl methyl sites for hydroxylation is 1. The lowest BCUT2D eigenvalue weighted by atomic mass is 10.1. The SMILES string of the molecule is Cc1cc(CC(C)NC(=O)C(C)N)n[nH]1. The van der Waals surface area contributed by atoms with Gasteiger partial charge in [-0.25, -0.2) is 0 Å². The highest BCUT2D eigenvalue weighted by molar-refractivity contribution is 5.81. The van der Waals surface area contributed by atoms with E-state index in [2.05, 4.69) is 15.5 Å². The van der Waals surface area contributed by atoms with Gasteiger partial charge >= 0.3 is 0 Å². The van der Waals surface area contributed by atoms with E-state index < -0.39 is 6.04 Å². The number of nitrogens with zero attached hydrogens (tertiary/aromatic N) is 1. The highest BCUT2D eigenvalue weighted by atomic mass is 16.2. The fourth-order valence-electron chi connectivity index (χ4n) is 1.32. The number of hydrogen-bond donors (Lipinski definition) is 3. The molecule has 0 saturated heterocycles. The Morgan fingerprint density at radius 3 is 2.80 bits per heavy atom. The molecule has 0 fully saturated rings. The second kappa shape index (κ2) is 4.93. The molecule has 0 aliphatic carbocycles. The molecule has 0 saturated carbocycles. The van der Waals surface area contributed by atoms with Crippen molar-refractivity contribution in [2.45, 2.75) is 39.3 Å². The Morgan fingerprint density at radius 2 is 2.33 bits per heavy atom. The van der Waals surface area contributed by atoms with Gasteiger partial charge in [-0.05, 0) is 26.8 Å². The van der Waals surface area contributed by atoms with E-state index >= 15 is 0 Å². The summed E-state index contributed by atoms with van der Waals surface area (Å²) in [6.07, 6.45) is 0.711. The third-order valence-corrected chi connectivity index (χ3v) is 2.08. The van der Waals surface area contributed by atoms with Crippen LogP contribution in [-0.2, 0) is 11.2 Å². The molecule has 2 unspecified atom stereocenters. The summed E-state index contributed by atoms with van der Waals surface area (Å²) in [4.78, 5) is 11.3. The number of carbonyl (C=O) groups excluding carboxylic acids is 1. The molecule has 4 N–H and O–H groups in total. The van der Waals surface area contributed by atoms with E-state index in [1.54, 1.807) is 6.92 Å². The van der Waals surface area contributed by atoms with Crippen molar-refractivity contribution in [1.29, 1.82) is 0 Å². The zero-order chi connectivity index (χ0) is 11.4. The molecule has 5 nitrogen and oxygen atoms in total. The molecule has 5 heteroatoms. The molecule has 0 bridgehead atoms. The van der Waals surface area contributed by atoms with E-state index in [4.69, 9.17) is 5.73 Å². The van der Waals surface area contributed by atoms with E-state index in [-0.39, 0.29) is 11.9 Å². The Labute approximate surface area is 89.4 Å². The molecule has 15 heavy (non-hydrogen) atoms. The maximum atomic E-state index is 11.3. The minimum Gasteiger partial charge on any atom is -0.352 e. The zero-order valence-electron chi connectivity index (χ0n) is 9.37. The van der Waals surface area contributed by atoms with Crippen molar-refractivity contribution in [3.05, 3.63) is 17.5 Å². The van der Waals surface area contributed by atoms with E-state index in [9.17, 15) is 4.79 Å². The predicted molar refractivity (Wildman–Crippen MR) is 58.3 cm³/mol. The number of aromatic nitrogens is 2. The maximum Gasteiger partial charge on any atom is 0.236 e. The van der Waals surface area contributed by atoms with Crippen LogP contribution in [0.2, 0.25) is 0 Å². The molecule has 1 amide bonds. The average Bonchev–Trinajstić information content (AvgIpc) is 2.50. The van der Waals surface area contributed by atoms with Crippen LogP contribution >= 0.6 is 0 Å². The van der Waals surface area contributed by atoms with Crippen molar-refractivity contribution >= 4 is 5.91 Å². The first kappa shape index (κ1) is 11.7. The fraction of sp³-hybridized carbons (Fsp3) is 0.600. The summed E-state index contributed by atoms with van der Waals surface area (Å²) in [7, 11) is 0. The van der Waals surface area contributed by atoms with Gasteiger partial charge in [-0.1, -0.05) is 0 Å². The lowest BCUT2D eigenvalue weighted by Crippen LogP contribution is -2.43. The molecule has 1 heterocycles. The van der Waals surface area contributed by atoms with Crippen LogP contribution in [0, 0.1) is 6.92 Å². The van der Waals surface area contributed by atoms with Crippen LogP contribution in [0.3, 0.4) is 0 Å². The second-order valence-corrected chi connectivity index (χ2v) is 3.94. The van der Waals surface area contributed by atoms with Gasteiger partial charge in [0.05, 0.1) is 11.7 Å². The molecule has 0 spiro atoms. The van der Waals surface area contributed by atoms with Gasteiger partial charge in [-0.3, -0.25) is 9.89 Å². The van der Waals surface area contributed by atoms with Crippen LogP contribution in [-0.4, -0.2) is 28.2 Å². The van der Waals surface area contributed by atoms with Crippen LogP contribution in [0.4, 0.5) is 0 Å². The largest absolute Gasteiger partial charge is 0.352 e. The molecule has 84 valence electrons. The third-order valence-electron chi connectivity index (χ3n) is 2.08. The summed E-state index contributed by atoms with van der Waals surface area (Å²) >= 11 is 0. The van der Waals surface area contributed by atoms with Crippen LogP contribution in [0.15, 0.2) is 6.07 Å². The van der Waals surface area contributed by atoms with Gasteiger partial charge in [-0.15, -0.1) is 0 Å². The molecular weight excluding hydrogens is 192 g/mol. The van der Waals surface area contributed by atoms with Crippen molar-refractivity contribution in [3.8, 4) is 0 Å². The first-order valence-electron chi connectivity index (χ1n) is 5.06. The van der Waals surface area contributed by atoms with E-state index in [0.717, 1.165) is 11.4 Å². The Hall–Kier alpha value is -1.36. The number of aromatic amines is 1. The van der Waals surface area contributed by atoms with Crippen molar-refractivity contribution in [3.63, 3.8) is 0 Å². The Bertz CT molecular complexity index is 332. The standard InChI is InChI=1S/C10H18N4O/c1-6(12-10(15)8(3)11)4-9-5-7(2)13-14-9/h5-6,8H,4,11H2,1-3H3,(H,12,15)(H,13,14). The van der Waals surface area contributed by atoms with Gasteiger partial charge in [0.25, 0.3) is 0 Å². The molecular formula is C10H18N4O. The number of nitrogens with two attached hydrogens (primary N) is 1. The van der Waals surface area contributed by atoms with Gasteiger partial charge in [0.1, 0.15) is 0 Å². The van der Waals surface area contributed by atoms with Gasteiger partial charge in [0, 0.05) is 18.2 Å². The number of H-pyrrole nitrogens is 1. The van der Waals surface area contributed by atoms with E-state index in [1.807, 2.05) is 19.9 Å². The molecule has 1 aromatic heterocycles. The maximum absolute atomic E-state index is 11.3. The molecule has 0 radical (unpaired) electrons. The highest BCUT2D eigenvalue weighted by Gasteiger charge is 2.12. The summed E-state index contributed by atoms with van der Waals surface area (Å²) in [5, 5.41) is 9.78. The summed E-state index contributed by atoms with van der Waals surface area (Å²) in [5.41, 5.74) is 7.42. The minimum absolute atomic E-state index is 0.0474. The number of hydrogen-bond acceptors (Lipinski definition) is 3. The van der Waals surface area contributed by atoms with Crippen LogP contribution in [0.1, 0.15) is 25.2 Å². The van der Waals surface area contributed by atoms with Gasteiger partial charge in [0.15, 0.2) is 0 Å². The third kappa shape index (κ3) is 3.71. The lowest BCUT2D eigenvalue weighted by Gasteiger charge is -2.14. The second-order valence-electron chi connectivity index (χ2n) is 3.94. The minimum atomic E-state index is -0.464. The molecule has 0 aliphatic heterocycles. The number of nitrogens with one attached hydrogen (secondary N) is 2. The summed E-state index contributed by atoms with van der Waals surface area (Å²) < 4.78 is 0. The fourth-order valence-corrected chi connectivity index (χ4v) is 1.32. The summed E-state index contributed by atoms with van der Waals surface area (Å²) in [6, 6.07) is 1.55.